The first-order valence-corrected chi connectivity index (χ1v) is 16.4. The van der Waals surface area contributed by atoms with Gasteiger partial charge in [0.1, 0.15) is 29.7 Å². The van der Waals surface area contributed by atoms with Crippen molar-refractivity contribution in [1.29, 1.82) is 0 Å². The zero-order valence-electron chi connectivity index (χ0n) is 25.7. The topological polar surface area (TPSA) is 180 Å². The lowest BCUT2D eigenvalue weighted by Gasteiger charge is -2.42. The summed E-state index contributed by atoms with van der Waals surface area (Å²) in [5, 5.41) is 12.0. The number of rotatable bonds is 11. The molecule has 1 atom stereocenters. The van der Waals surface area contributed by atoms with Crippen LogP contribution in [-0.2, 0) is 14.1 Å². The smallest absolute Gasteiger partial charge is 0.414 e. The Bertz CT molecular complexity index is 1830. The lowest BCUT2D eigenvalue weighted by Crippen LogP contribution is -2.49. The molecule has 0 bridgehead atoms. The monoisotopic (exact) mass is 690 g/mol. The molecule has 1 aromatic heterocycles. The summed E-state index contributed by atoms with van der Waals surface area (Å²) in [7, 11) is -2.84. The first-order chi connectivity index (χ1) is 22.8. The summed E-state index contributed by atoms with van der Waals surface area (Å²) in [6, 6.07) is 6.47. The van der Waals surface area contributed by atoms with E-state index in [-0.39, 0.29) is 80.1 Å². The normalized spacial score (nSPS) is 19.1. The molecule has 17 heteroatoms. The molecule has 2 saturated heterocycles. The van der Waals surface area contributed by atoms with Crippen molar-refractivity contribution < 1.29 is 52.1 Å². The SMILES string of the molecule is CC(=O)NCC1CN(c2ccc(OCC3(OP(O)O)CCN(c4cc5c(cc4F)c(=O)c(C(=O)O)cn5C4CC4)CC3)c(F)c2)C(=O)O1. The van der Waals surface area contributed by atoms with E-state index in [4.69, 9.17) is 14.0 Å². The Hall–Kier alpha value is -4.37. The lowest BCUT2D eigenvalue weighted by molar-refractivity contribution is -0.119. The fourth-order valence-electron chi connectivity index (χ4n) is 6.08. The maximum atomic E-state index is 15.5. The molecule has 4 N–H and O–H groups in total. The molecule has 6 rings (SSSR count). The van der Waals surface area contributed by atoms with Gasteiger partial charge in [-0.05, 0) is 49.9 Å². The molecule has 2 amide bonds. The maximum absolute atomic E-state index is 15.5. The molecule has 1 saturated carbocycles. The zero-order valence-corrected chi connectivity index (χ0v) is 26.6. The number of ether oxygens (including phenoxy) is 2. The zero-order chi connectivity index (χ0) is 34.3. The van der Waals surface area contributed by atoms with E-state index in [1.54, 1.807) is 9.47 Å². The number of halogens is 2. The molecule has 14 nitrogen and oxygen atoms in total. The summed E-state index contributed by atoms with van der Waals surface area (Å²) < 4.78 is 48.8. The second-order valence-corrected chi connectivity index (χ2v) is 12.8. The number of hydrogen-bond donors (Lipinski definition) is 4. The van der Waals surface area contributed by atoms with Crippen LogP contribution < -0.4 is 25.3 Å². The van der Waals surface area contributed by atoms with E-state index >= 15 is 8.78 Å². The van der Waals surface area contributed by atoms with Gasteiger partial charge in [0.25, 0.3) is 0 Å². The van der Waals surface area contributed by atoms with Gasteiger partial charge in [0.2, 0.25) is 11.3 Å². The highest BCUT2D eigenvalue weighted by molar-refractivity contribution is 7.39. The molecule has 1 aliphatic carbocycles. The molecule has 3 heterocycles. The van der Waals surface area contributed by atoms with E-state index in [2.05, 4.69) is 5.32 Å². The van der Waals surface area contributed by atoms with Gasteiger partial charge in [-0.2, -0.15) is 0 Å². The van der Waals surface area contributed by atoms with Crippen LogP contribution in [0.25, 0.3) is 10.9 Å². The van der Waals surface area contributed by atoms with E-state index in [0.717, 1.165) is 25.0 Å². The minimum atomic E-state index is -2.84. The molecule has 256 valence electrons. The van der Waals surface area contributed by atoms with Crippen molar-refractivity contribution in [3.05, 3.63) is 63.9 Å². The third kappa shape index (κ3) is 6.92. The summed E-state index contributed by atoms with van der Waals surface area (Å²) in [5.41, 5.74) is -1.65. The van der Waals surface area contributed by atoms with Crippen LogP contribution in [0.1, 0.15) is 49.0 Å². The number of benzene rings is 2. The van der Waals surface area contributed by atoms with Crippen molar-refractivity contribution in [2.75, 3.05) is 42.6 Å². The Kier molecular flexibility index (Phi) is 9.27. The van der Waals surface area contributed by atoms with Gasteiger partial charge in [-0.25, -0.2) is 18.4 Å². The minimum Gasteiger partial charge on any atom is -0.487 e. The number of aromatic carboxylic acids is 1. The van der Waals surface area contributed by atoms with Gasteiger partial charge in [0.05, 0.1) is 30.0 Å². The largest absolute Gasteiger partial charge is 0.487 e. The van der Waals surface area contributed by atoms with Crippen molar-refractivity contribution in [3.63, 3.8) is 0 Å². The highest BCUT2D eigenvalue weighted by Crippen LogP contribution is 2.42. The first-order valence-electron chi connectivity index (χ1n) is 15.2. The number of carboxylic acids is 1. The molecule has 1 unspecified atom stereocenters. The standard InChI is InChI=1S/C31H33F2N4O10P/c1-17(38)34-13-20-14-37(30(42)46-20)19-4-5-27(24(33)10-19)45-16-31(47-48(43)44)6-8-35(9-7-31)26-12-25-21(11-23(26)32)28(39)22(29(40)41)15-36(25)18-2-3-18/h4-5,10-12,15,18,20,43-44H,2-3,6-9,13-14,16H2,1H3,(H,34,38)(H,40,41). The van der Waals surface area contributed by atoms with Gasteiger partial charge >= 0.3 is 20.7 Å². The van der Waals surface area contributed by atoms with E-state index < -0.39 is 55.0 Å². The number of anilines is 2. The predicted molar refractivity (Wildman–Crippen MR) is 168 cm³/mol. The highest BCUT2D eigenvalue weighted by Gasteiger charge is 2.40. The number of fused-ring (bicyclic) bond motifs is 1. The number of carboxylic acid groups (broad SMARTS) is 1. The molecule has 3 aliphatic rings. The van der Waals surface area contributed by atoms with Crippen molar-refractivity contribution >= 4 is 48.8 Å². The minimum absolute atomic E-state index is 0.00279. The van der Waals surface area contributed by atoms with E-state index in [0.29, 0.717) is 5.52 Å². The third-order valence-corrected chi connectivity index (χ3v) is 9.28. The second-order valence-electron chi connectivity index (χ2n) is 12.1. The fourth-order valence-corrected chi connectivity index (χ4v) is 6.66. The van der Waals surface area contributed by atoms with E-state index in [1.165, 1.54) is 36.2 Å². The molecule has 3 aromatic rings. The van der Waals surface area contributed by atoms with Crippen LogP contribution in [0.15, 0.2) is 41.3 Å². The summed E-state index contributed by atoms with van der Waals surface area (Å²) in [6.07, 6.45) is 1.86. The number of piperidine rings is 1. The van der Waals surface area contributed by atoms with Gasteiger partial charge in [0, 0.05) is 43.7 Å². The van der Waals surface area contributed by atoms with Crippen LogP contribution in [-0.4, -0.2) is 81.9 Å². The van der Waals surface area contributed by atoms with Crippen LogP contribution in [0.2, 0.25) is 0 Å². The molecule has 0 radical (unpaired) electrons. The molecule has 3 fully saturated rings. The molecular formula is C31H33F2N4O10P. The number of amides is 2. The van der Waals surface area contributed by atoms with Gasteiger partial charge in [0.15, 0.2) is 11.6 Å². The number of carbonyl (C=O) groups excluding carboxylic acids is 2. The van der Waals surface area contributed by atoms with Crippen molar-refractivity contribution in [3.8, 4) is 5.75 Å². The van der Waals surface area contributed by atoms with E-state index in [1.807, 2.05) is 0 Å². The van der Waals surface area contributed by atoms with Crippen molar-refractivity contribution in [2.45, 2.75) is 50.4 Å². The van der Waals surface area contributed by atoms with E-state index in [9.17, 15) is 34.1 Å². The molecule has 0 spiro atoms. The molecular weight excluding hydrogens is 657 g/mol. The number of carbonyl (C=O) groups is 3. The number of cyclic esters (lactones) is 1. The highest BCUT2D eigenvalue weighted by atomic mass is 31.2. The first kappa shape index (κ1) is 33.5. The summed E-state index contributed by atoms with van der Waals surface area (Å²) in [5.74, 6) is -3.35. The maximum Gasteiger partial charge on any atom is 0.414 e. The Morgan fingerprint density at radius 3 is 2.46 bits per heavy atom. The average Bonchev–Trinajstić information content (AvgIpc) is 3.80. The second kappa shape index (κ2) is 13.3. The summed E-state index contributed by atoms with van der Waals surface area (Å²) in [6.45, 7) is 1.62. The van der Waals surface area contributed by atoms with Gasteiger partial charge in [-0.3, -0.25) is 14.5 Å². The van der Waals surface area contributed by atoms with Crippen molar-refractivity contribution in [2.24, 2.45) is 0 Å². The third-order valence-electron chi connectivity index (χ3n) is 8.73. The lowest BCUT2D eigenvalue weighted by atomic mass is 9.92. The van der Waals surface area contributed by atoms with Crippen LogP contribution in [0, 0.1) is 11.6 Å². The number of aromatic nitrogens is 1. The number of nitrogens with one attached hydrogen (secondary N) is 1. The van der Waals surface area contributed by atoms with Crippen LogP contribution in [0.5, 0.6) is 5.75 Å². The van der Waals surface area contributed by atoms with Crippen LogP contribution in [0.3, 0.4) is 0 Å². The Labute approximate surface area is 273 Å². The average molecular weight is 691 g/mol. The Morgan fingerprint density at radius 2 is 1.83 bits per heavy atom. The van der Waals surface area contributed by atoms with Gasteiger partial charge in [-0.15, -0.1) is 0 Å². The fraction of sp³-hybridized carbons (Fsp3) is 0.419. The predicted octanol–water partition coefficient (Wildman–Crippen LogP) is 3.42. The van der Waals surface area contributed by atoms with Crippen LogP contribution >= 0.6 is 8.60 Å². The molecule has 2 aliphatic heterocycles. The van der Waals surface area contributed by atoms with Gasteiger partial charge < -0.3 is 43.7 Å². The number of hydrogen-bond acceptors (Lipinski definition) is 10. The molecule has 2 aromatic carbocycles. The number of pyridine rings is 1. The van der Waals surface area contributed by atoms with Crippen LogP contribution in [0.4, 0.5) is 25.0 Å². The number of nitrogens with zero attached hydrogens (tertiary/aromatic N) is 3. The van der Waals surface area contributed by atoms with Crippen molar-refractivity contribution in [1.82, 2.24) is 9.88 Å². The summed E-state index contributed by atoms with van der Waals surface area (Å²) >= 11 is 0. The quantitative estimate of drug-likeness (QED) is 0.217. The Balaban J connectivity index is 1.16. The molecule has 48 heavy (non-hydrogen) atoms. The van der Waals surface area contributed by atoms with Gasteiger partial charge in [-0.1, -0.05) is 0 Å². The Morgan fingerprint density at radius 1 is 1.10 bits per heavy atom. The summed E-state index contributed by atoms with van der Waals surface area (Å²) in [4.78, 5) is 70.5.